The molecule has 2 aromatic carbocycles. The van der Waals surface area contributed by atoms with Crippen molar-refractivity contribution < 1.29 is 13.5 Å². The van der Waals surface area contributed by atoms with Crippen molar-refractivity contribution in [3.05, 3.63) is 53.1 Å². The summed E-state index contributed by atoms with van der Waals surface area (Å²) in [7, 11) is 1.50. The van der Waals surface area contributed by atoms with Crippen LogP contribution < -0.4 is 15.4 Å². The van der Waals surface area contributed by atoms with Gasteiger partial charge in [-0.05, 0) is 42.5 Å². The minimum atomic E-state index is -0.612. The molecule has 21 heavy (non-hydrogen) atoms. The highest BCUT2D eigenvalue weighted by Gasteiger charge is 2.09. The number of methoxy groups -OCH3 is 1. The van der Waals surface area contributed by atoms with Gasteiger partial charge in [0.2, 0.25) is 0 Å². The standard InChI is InChI=1S/C14H11ClF2N2OS/c1-20-13-5-2-8(15)6-12(13)19-14(21)18-11-7-9(16)3-4-10(11)17/h2-7H,1H3,(H2,18,19,21). The third-order valence-corrected chi connectivity index (χ3v) is 3.03. The van der Waals surface area contributed by atoms with E-state index < -0.39 is 11.6 Å². The summed E-state index contributed by atoms with van der Waals surface area (Å²) in [6.45, 7) is 0. The predicted molar refractivity (Wildman–Crippen MR) is 84.2 cm³/mol. The lowest BCUT2D eigenvalue weighted by atomic mass is 10.3. The monoisotopic (exact) mass is 328 g/mol. The third-order valence-electron chi connectivity index (χ3n) is 2.59. The average Bonchev–Trinajstić information content (AvgIpc) is 2.43. The van der Waals surface area contributed by atoms with Crippen molar-refractivity contribution >= 4 is 40.3 Å². The number of thiocarbonyl (C=S) groups is 1. The number of hydrogen-bond acceptors (Lipinski definition) is 2. The van der Waals surface area contributed by atoms with Gasteiger partial charge >= 0.3 is 0 Å². The second-order valence-electron chi connectivity index (χ2n) is 4.05. The molecule has 0 aliphatic heterocycles. The predicted octanol–water partition coefficient (Wildman–Crippen LogP) is 4.44. The first-order valence-electron chi connectivity index (χ1n) is 5.86. The van der Waals surface area contributed by atoms with Crippen molar-refractivity contribution in [1.29, 1.82) is 0 Å². The fraction of sp³-hybridized carbons (Fsp3) is 0.0714. The third kappa shape index (κ3) is 4.03. The summed E-state index contributed by atoms with van der Waals surface area (Å²) >= 11 is 11.0. The van der Waals surface area contributed by atoms with Gasteiger partial charge in [-0.15, -0.1) is 0 Å². The summed E-state index contributed by atoms with van der Waals surface area (Å²) in [6.07, 6.45) is 0. The molecule has 0 atom stereocenters. The first-order chi connectivity index (χ1) is 9.99. The van der Waals surface area contributed by atoms with Crippen molar-refractivity contribution in [3.8, 4) is 5.75 Å². The highest BCUT2D eigenvalue weighted by atomic mass is 35.5. The van der Waals surface area contributed by atoms with Crippen LogP contribution >= 0.6 is 23.8 Å². The SMILES string of the molecule is COc1ccc(Cl)cc1NC(=S)Nc1cc(F)ccc1F. The molecule has 7 heteroatoms. The van der Waals surface area contributed by atoms with Crippen molar-refractivity contribution in [2.24, 2.45) is 0 Å². The van der Waals surface area contributed by atoms with Gasteiger partial charge in [-0.2, -0.15) is 0 Å². The average molecular weight is 329 g/mol. The van der Waals surface area contributed by atoms with E-state index in [2.05, 4.69) is 10.6 Å². The lowest BCUT2D eigenvalue weighted by molar-refractivity contribution is 0.417. The van der Waals surface area contributed by atoms with Gasteiger partial charge in [0.05, 0.1) is 18.5 Å². The molecule has 0 heterocycles. The smallest absolute Gasteiger partial charge is 0.175 e. The molecule has 0 aromatic heterocycles. The number of anilines is 2. The number of hydrogen-bond donors (Lipinski definition) is 2. The molecule has 3 nitrogen and oxygen atoms in total. The van der Waals surface area contributed by atoms with E-state index in [1.54, 1.807) is 18.2 Å². The zero-order valence-corrected chi connectivity index (χ0v) is 12.5. The molecule has 0 fully saturated rings. The number of rotatable bonds is 3. The van der Waals surface area contributed by atoms with Crippen LogP contribution in [-0.4, -0.2) is 12.2 Å². The van der Waals surface area contributed by atoms with E-state index in [9.17, 15) is 8.78 Å². The van der Waals surface area contributed by atoms with Crippen LogP contribution in [0.2, 0.25) is 5.02 Å². The van der Waals surface area contributed by atoms with Gasteiger partial charge in [0.25, 0.3) is 0 Å². The molecule has 2 N–H and O–H groups in total. The molecule has 0 bridgehead atoms. The zero-order chi connectivity index (χ0) is 15.4. The number of nitrogens with one attached hydrogen (secondary N) is 2. The minimum Gasteiger partial charge on any atom is -0.495 e. The van der Waals surface area contributed by atoms with E-state index in [0.717, 1.165) is 18.2 Å². The zero-order valence-electron chi connectivity index (χ0n) is 10.9. The number of halogens is 3. The highest BCUT2D eigenvalue weighted by Crippen LogP contribution is 2.28. The quantitative estimate of drug-likeness (QED) is 0.816. The second kappa shape index (κ2) is 6.69. The molecule has 2 aromatic rings. The van der Waals surface area contributed by atoms with Crippen molar-refractivity contribution in [3.63, 3.8) is 0 Å². The Kier molecular flexibility index (Phi) is 4.93. The second-order valence-corrected chi connectivity index (χ2v) is 4.89. The molecule has 110 valence electrons. The lowest BCUT2D eigenvalue weighted by Crippen LogP contribution is -2.20. The Labute approximate surface area is 130 Å². The molecule has 0 radical (unpaired) electrons. The van der Waals surface area contributed by atoms with E-state index in [1.165, 1.54) is 7.11 Å². The summed E-state index contributed by atoms with van der Waals surface area (Å²) in [5, 5.41) is 5.96. The molecule has 0 aliphatic carbocycles. The van der Waals surface area contributed by atoms with E-state index in [1.807, 2.05) is 0 Å². The molecule has 0 saturated heterocycles. The van der Waals surface area contributed by atoms with Crippen LogP contribution in [-0.2, 0) is 0 Å². The lowest BCUT2D eigenvalue weighted by Gasteiger charge is -2.14. The van der Waals surface area contributed by atoms with Gasteiger partial charge in [-0.3, -0.25) is 0 Å². The van der Waals surface area contributed by atoms with Crippen LogP contribution in [0.15, 0.2) is 36.4 Å². The fourth-order valence-electron chi connectivity index (χ4n) is 1.65. The van der Waals surface area contributed by atoms with E-state index >= 15 is 0 Å². The van der Waals surface area contributed by atoms with Crippen molar-refractivity contribution in [1.82, 2.24) is 0 Å². The molecule has 0 spiro atoms. The van der Waals surface area contributed by atoms with Crippen LogP contribution in [0, 0.1) is 11.6 Å². The first kappa shape index (κ1) is 15.5. The summed E-state index contributed by atoms with van der Waals surface area (Å²) in [6, 6.07) is 7.98. The minimum absolute atomic E-state index is 0.0616. The normalized spacial score (nSPS) is 10.1. The Morgan fingerprint density at radius 3 is 2.52 bits per heavy atom. The Balaban J connectivity index is 2.15. The maximum absolute atomic E-state index is 13.5. The van der Waals surface area contributed by atoms with Crippen LogP contribution in [0.1, 0.15) is 0 Å². The van der Waals surface area contributed by atoms with Gasteiger partial charge in [0.1, 0.15) is 17.4 Å². The number of ether oxygens (including phenoxy) is 1. The molecule has 2 rings (SSSR count). The van der Waals surface area contributed by atoms with Crippen molar-refractivity contribution in [2.75, 3.05) is 17.7 Å². The largest absolute Gasteiger partial charge is 0.495 e. The summed E-state index contributed by atoms with van der Waals surface area (Å²) in [5.74, 6) is -0.663. The molecule has 0 unspecified atom stereocenters. The van der Waals surface area contributed by atoms with E-state index in [0.29, 0.717) is 16.5 Å². The van der Waals surface area contributed by atoms with Gasteiger partial charge in [-0.25, -0.2) is 8.78 Å². The van der Waals surface area contributed by atoms with Crippen LogP contribution in [0.25, 0.3) is 0 Å². The Bertz CT molecular complexity index is 682. The topological polar surface area (TPSA) is 33.3 Å². The Hall–Kier alpha value is -1.92. The van der Waals surface area contributed by atoms with Gasteiger partial charge in [-0.1, -0.05) is 11.6 Å². The molecular weight excluding hydrogens is 318 g/mol. The van der Waals surface area contributed by atoms with Crippen LogP contribution in [0.4, 0.5) is 20.2 Å². The van der Waals surface area contributed by atoms with Crippen LogP contribution in [0.5, 0.6) is 5.75 Å². The Morgan fingerprint density at radius 1 is 1.10 bits per heavy atom. The van der Waals surface area contributed by atoms with Gasteiger partial charge < -0.3 is 15.4 Å². The van der Waals surface area contributed by atoms with Crippen LogP contribution in [0.3, 0.4) is 0 Å². The highest BCUT2D eigenvalue weighted by molar-refractivity contribution is 7.80. The Morgan fingerprint density at radius 2 is 1.81 bits per heavy atom. The summed E-state index contributed by atoms with van der Waals surface area (Å²) in [4.78, 5) is 0. The molecule has 0 aliphatic rings. The number of benzene rings is 2. The van der Waals surface area contributed by atoms with Gasteiger partial charge in [0.15, 0.2) is 5.11 Å². The summed E-state index contributed by atoms with van der Waals surface area (Å²) < 4.78 is 31.8. The maximum Gasteiger partial charge on any atom is 0.175 e. The molecule has 0 saturated carbocycles. The van der Waals surface area contributed by atoms with E-state index in [-0.39, 0.29) is 10.8 Å². The molecule has 0 amide bonds. The summed E-state index contributed by atoms with van der Waals surface area (Å²) in [5.41, 5.74) is 0.452. The maximum atomic E-state index is 13.5. The first-order valence-corrected chi connectivity index (χ1v) is 6.65. The fourth-order valence-corrected chi connectivity index (χ4v) is 2.04. The van der Waals surface area contributed by atoms with Crippen molar-refractivity contribution in [2.45, 2.75) is 0 Å². The molecular formula is C14H11ClF2N2OS. The van der Waals surface area contributed by atoms with E-state index in [4.69, 9.17) is 28.6 Å². The van der Waals surface area contributed by atoms with Gasteiger partial charge in [0, 0.05) is 11.1 Å².